The average molecular weight is 237 g/mol. The number of carbonyl (C=O) groups excluding carboxylic acids is 1. The van der Waals surface area contributed by atoms with Gasteiger partial charge in [0, 0.05) is 18.0 Å². The number of anilines is 1. The Morgan fingerprint density at radius 1 is 1.53 bits per heavy atom. The third-order valence-electron chi connectivity index (χ3n) is 2.73. The number of β-amino-alcohol motifs (C(OH)–C–C–N with tert-alkyl or cyclic N) is 1. The van der Waals surface area contributed by atoms with Crippen LogP contribution >= 0.6 is 0 Å². The van der Waals surface area contributed by atoms with Crippen LogP contribution in [-0.2, 0) is 11.3 Å². The van der Waals surface area contributed by atoms with Gasteiger partial charge in [-0.3, -0.25) is 9.59 Å². The first-order valence-electron chi connectivity index (χ1n) is 5.33. The van der Waals surface area contributed by atoms with Gasteiger partial charge < -0.3 is 20.3 Å². The lowest BCUT2D eigenvalue weighted by atomic mass is 9.97. The zero-order valence-electron chi connectivity index (χ0n) is 9.59. The molecule has 0 aliphatic carbocycles. The van der Waals surface area contributed by atoms with E-state index in [0.717, 1.165) is 0 Å². The van der Waals surface area contributed by atoms with Gasteiger partial charge in [-0.25, -0.2) is 0 Å². The molecule has 92 valence electrons. The molecule has 0 unspecified atom stereocenters. The molecule has 2 rings (SSSR count). The van der Waals surface area contributed by atoms with Crippen molar-refractivity contribution in [1.29, 1.82) is 0 Å². The Bertz CT molecular complexity index is 499. The van der Waals surface area contributed by atoms with E-state index in [-0.39, 0.29) is 18.0 Å². The summed E-state index contributed by atoms with van der Waals surface area (Å²) >= 11 is 0. The molecule has 0 bridgehead atoms. The maximum absolute atomic E-state index is 11.8. The van der Waals surface area contributed by atoms with Crippen molar-refractivity contribution >= 4 is 11.6 Å². The Hall–Kier alpha value is -1.82. The number of amides is 1. The van der Waals surface area contributed by atoms with Crippen LogP contribution in [0.2, 0.25) is 0 Å². The van der Waals surface area contributed by atoms with Crippen molar-refractivity contribution < 1.29 is 9.90 Å². The summed E-state index contributed by atoms with van der Waals surface area (Å²) in [5.41, 5.74) is 4.92. The summed E-state index contributed by atoms with van der Waals surface area (Å²) in [6, 6.07) is 2.83. The van der Waals surface area contributed by atoms with Crippen molar-refractivity contribution in [3.05, 3.63) is 28.7 Å². The first-order chi connectivity index (χ1) is 7.87. The zero-order valence-corrected chi connectivity index (χ0v) is 9.59. The van der Waals surface area contributed by atoms with E-state index in [4.69, 9.17) is 5.73 Å². The lowest BCUT2D eigenvalue weighted by Crippen LogP contribution is -2.62. The van der Waals surface area contributed by atoms with E-state index >= 15 is 0 Å². The number of rotatable bonds is 2. The van der Waals surface area contributed by atoms with Crippen LogP contribution in [0.4, 0.5) is 5.69 Å². The molecule has 1 amide bonds. The Morgan fingerprint density at radius 2 is 2.18 bits per heavy atom. The molecule has 2 heterocycles. The highest BCUT2D eigenvalue weighted by Gasteiger charge is 2.39. The Kier molecular flexibility index (Phi) is 2.66. The van der Waals surface area contributed by atoms with Gasteiger partial charge in [0.05, 0.1) is 18.7 Å². The molecule has 1 saturated heterocycles. The largest absolute Gasteiger partial charge is 0.398 e. The lowest BCUT2D eigenvalue weighted by Gasteiger charge is -2.44. The summed E-state index contributed by atoms with van der Waals surface area (Å²) in [7, 11) is 0. The highest BCUT2D eigenvalue weighted by Crippen LogP contribution is 2.19. The highest BCUT2D eigenvalue weighted by molar-refractivity contribution is 5.77. The summed E-state index contributed by atoms with van der Waals surface area (Å²) < 4.78 is 1.27. The molecule has 0 atom stereocenters. The Labute approximate surface area is 98.3 Å². The first kappa shape index (κ1) is 11.7. The Balaban J connectivity index is 2.04. The molecule has 0 aromatic carbocycles. The van der Waals surface area contributed by atoms with Crippen molar-refractivity contribution in [1.82, 2.24) is 9.47 Å². The van der Waals surface area contributed by atoms with Crippen molar-refractivity contribution in [2.24, 2.45) is 0 Å². The van der Waals surface area contributed by atoms with Gasteiger partial charge in [-0.15, -0.1) is 0 Å². The van der Waals surface area contributed by atoms with Gasteiger partial charge in [0.1, 0.15) is 6.54 Å². The van der Waals surface area contributed by atoms with Gasteiger partial charge in [-0.05, 0) is 13.0 Å². The second kappa shape index (κ2) is 3.89. The molecular formula is C11H15N3O3. The monoisotopic (exact) mass is 237 g/mol. The van der Waals surface area contributed by atoms with Crippen molar-refractivity contribution in [2.75, 3.05) is 18.8 Å². The predicted molar refractivity (Wildman–Crippen MR) is 62.3 cm³/mol. The molecule has 1 fully saturated rings. The third-order valence-corrected chi connectivity index (χ3v) is 2.73. The van der Waals surface area contributed by atoms with Crippen LogP contribution in [0.3, 0.4) is 0 Å². The summed E-state index contributed by atoms with van der Waals surface area (Å²) in [6.07, 6.45) is 1.44. The summed E-state index contributed by atoms with van der Waals surface area (Å²) in [4.78, 5) is 24.7. The topological polar surface area (TPSA) is 88.6 Å². The number of nitrogen functional groups attached to an aromatic ring is 1. The predicted octanol–water partition coefficient (Wildman–Crippen LogP) is -0.976. The van der Waals surface area contributed by atoms with Gasteiger partial charge in [-0.2, -0.15) is 0 Å². The molecule has 6 nitrogen and oxygen atoms in total. The van der Waals surface area contributed by atoms with Crippen molar-refractivity contribution in [3.8, 4) is 0 Å². The minimum absolute atomic E-state index is 0.0417. The third kappa shape index (κ3) is 2.47. The SMILES string of the molecule is CC1(O)CN(C(=O)Cn2cc(N)ccc2=O)C1. The van der Waals surface area contributed by atoms with E-state index in [1.54, 1.807) is 6.92 Å². The van der Waals surface area contributed by atoms with Crippen LogP contribution in [0.5, 0.6) is 0 Å². The molecule has 1 aliphatic heterocycles. The number of hydrogen-bond donors (Lipinski definition) is 2. The normalized spacial score (nSPS) is 17.6. The number of aromatic nitrogens is 1. The molecular weight excluding hydrogens is 222 g/mol. The number of nitrogens with two attached hydrogens (primary N) is 1. The average Bonchev–Trinajstić information content (AvgIpc) is 2.20. The van der Waals surface area contributed by atoms with E-state index in [9.17, 15) is 14.7 Å². The van der Waals surface area contributed by atoms with Crippen LogP contribution in [-0.4, -0.2) is 39.2 Å². The van der Waals surface area contributed by atoms with Gasteiger partial charge >= 0.3 is 0 Å². The zero-order chi connectivity index (χ0) is 12.6. The number of likely N-dealkylation sites (tertiary alicyclic amines) is 1. The van der Waals surface area contributed by atoms with Crippen LogP contribution in [0.25, 0.3) is 0 Å². The molecule has 0 radical (unpaired) electrons. The maximum Gasteiger partial charge on any atom is 0.251 e. The quantitative estimate of drug-likeness (QED) is 0.692. The summed E-state index contributed by atoms with van der Waals surface area (Å²) in [6.45, 7) is 2.25. The van der Waals surface area contributed by atoms with Crippen molar-refractivity contribution in [2.45, 2.75) is 19.1 Å². The van der Waals surface area contributed by atoms with Crippen molar-refractivity contribution in [3.63, 3.8) is 0 Å². The lowest BCUT2D eigenvalue weighted by molar-refractivity contribution is -0.152. The number of carbonyl (C=O) groups is 1. The van der Waals surface area contributed by atoms with Gasteiger partial charge in [0.2, 0.25) is 5.91 Å². The molecule has 1 aliphatic rings. The van der Waals surface area contributed by atoms with Crippen LogP contribution in [0.15, 0.2) is 23.1 Å². The van der Waals surface area contributed by atoms with Gasteiger partial charge in [-0.1, -0.05) is 0 Å². The Morgan fingerprint density at radius 3 is 2.76 bits per heavy atom. The molecule has 0 spiro atoms. The molecule has 3 N–H and O–H groups in total. The maximum atomic E-state index is 11.8. The van der Waals surface area contributed by atoms with Crippen LogP contribution < -0.4 is 11.3 Å². The second-order valence-corrected chi connectivity index (χ2v) is 4.68. The van der Waals surface area contributed by atoms with E-state index < -0.39 is 5.60 Å². The van der Waals surface area contributed by atoms with Gasteiger partial charge in [0.25, 0.3) is 5.56 Å². The summed E-state index contributed by atoms with van der Waals surface area (Å²) in [5.74, 6) is -0.191. The van der Waals surface area contributed by atoms with Crippen LogP contribution in [0, 0.1) is 0 Å². The van der Waals surface area contributed by atoms with Gasteiger partial charge in [0.15, 0.2) is 0 Å². The van der Waals surface area contributed by atoms with E-state index in [1.165, 1.54) is 27.8 Å². The smallest absolute Gasteiger partial charge is 0.251 e. The first-order valence-corrected chi connectivity index (χ1v) is 5.33. The fourth-order valence-electron chi connectivity index (χ4n) is 1.87. The molecule has 1 aromatic rings. The number of hydrogen-bond acceptors (Lipinski definition) is 4. The molecule has 6 heteroatoms. The minimum Gasteiger partial charge on any atom is -0.398 e. The molecule has 17 heavy (non-hydrogen) atoms. The molecule has 1 aromatic heterocycles. The number of nitrogens with zero attached hydrogens (tertiary/aromatic N) is 2. The highest BCUT2D eigenvalue weighted by atomic mass is 16.3. The standard InChI is InChI=1S/C11H15N3O3/c1-11(17)6-14(7-11)10(16)5-13-4-8(12)2-3-9(13)15/h2-4,17H,5-7,12H2,1H3. The van der Waals surface area contributed by atoms with Crippen LogP contribution in [0.1, 0.15) is 6.92 Å². The number of pyridine rings is 1. The minimum atomic E-state index is -0.795. The second-order valence-electron chi connectivity index (χ2n) is 4.68. The number of aliphatic hydroxyl groups is 1. The van der Waals surface area contributed by atoms with E-state index in [0.29, 0.717) is 18.8 Å². The molecule has 0 saturated carbocycles. The fraction of sp³-hybridized carbons (Fsp3) is 0.455. The van der Waals surface area contributed by atoms with E-state index in [2.05, 4.69) is 0 Å². The fourth-order valence-corrected chi connectivity index (χ4v) is 1.87. The summed E-state index contributed by atoms with van der Waals surface area (Å²) in [5, 5.41) is 9.51. The van der Waals surface area contributed by atoms with E-state index in [1.807, 2.05) is 0 Å².